The van der Waals surface area contributed by atoms with Crippen molar-refractivity contribution in [1.29, 1.82) is 0 Å². The van der Waals surface area contributed by atoms with Crippen LogP contribution in [0.15, 0.2) is 24.4 Å². The summed E-state index contributed by atoms with van der Waals surface area (Å²) >= 11 is 0. The fourth-order valence-corrected chi connectivity index (χ4v) is 4.36. The summed E-state index contributed by atoms with van der Waals surface area (Å²) in [7, 11) is 0. The topological polar surface area (TPSA) is 51.4 Å². The summed E-state index contributed by atoms with van der Waals surface area (Å²) in [4.78, 5) is 20.7. The smallest absolute Gasteiger partial charge is 0.254 e. The third kappa shape index (κ3) is 3.38. The molecule has 1 aromatic carbocycles. The molecule has 1 atom stereocenters. The lowest BCUT2D eigenvalue weighted by molar-refractivity contribution is 0.0595. The zero-order chi connectivity index (χ0) is 18.1. The highest BCUT2D eigenvalue weighted by molar-refractivity contribution is 5.98. The van der Waals surface area contributed by atoms with Crippen molar-refractivity contribution >= 4 is 16.8 Å². The van der Waals surface area contributed by atoms with Crippen LogP contribution >= 0.6 is 0 Å². The highest BCUT2D eigenvalue weighted by Crippen LogP contribution is 2.30. The van der Waals surface area contributed by atoms with E-state index in [1.54, 1.807) is 0 Å². The van der Waals surface area contributed by atoms with Crippen LogP contribution in [0.2, 0.25) is 0 Å². The number of carbonyl (C=O) groups is 1. The second kappa shape index (κ2) is 7.41. The van der Waals surface area contributed by atoms with Crippen LogP contribution in [0.5, 0.6) is 0 Å². The van der Waals surface area contributed by atoms with Gasteiger partial charge in [-0.1, -0.05) is 6.07 Å². The highest BCUT2D eigenvalue weighted by atomic mass is 16.2. The molecule has 5 nitrogen and oxygen atoms in total. The predicted molar refractivity (Wildman–Crippen MR) is 106 cm³/mol. The van der Waals surface area contributed by atoms with Gasteiger partial charge in [0.2, 0.25) is 0 Å². The van der Waals surface area contributed by atoms with E-state index in [0.717, 1.165) is 50.3 Å². The van der Waals surface area contributed by atoms with Crippen molar-refractivity contribution in [3.8, 4) is 0 Å². The third-order valence-corrected chi connectivity index (χ3v) is 6.03. The molecule has 0 radical (unpaired) electrons. The Kier molecular flexibility index (Phi) is 5.00. The molecule has 4 rings (SSSR count). The Morgan fingerprint density at radius 3 is 2.69 bits per heavy atom. The van der Waals surface area contributed by atoms with Crippen molar-refractivity contribution in [1.82, 2.24) is 20.1 Å². The molecule has 1 aromatic heterocycles. The zero-order valence-electron chi connectivity index (χ0n) is 15.9. The highest BCUT2D eigenvalue weighted by Gasteiger charge is 2.24. The number of nitrogens with one attached hydrogen (secondary N) is 2. The van der Waals surface area contributed by atoms with E-state index in [4.69, 9.17) is 0 Å². The summed E-state index contributed by atoms with van der Waals surface area (Å²) in [5.74, 6) is 0.731. The fourth-order valence-electron chi connectivity index (χ4n) is 4.36. The summed E-state index contributed by atoms with van der Waals surface area (Å²) in [5, 5.41) is 4.76. The van der Waals surface area contributed by atoms with Crippen LogP contribution < -0.4 is 5.32 Å². The van der Waals surface area contributed by atoms with E-state index >= 15 is 0 Å². The first-order valence-electron chi connectivity index (χ1n) is 9.98. The number of aromatic amines is 1. The first-order valence-corrected chi connectivity index (χ1v) is 9.98. The van der Waals surface area contributed by atoms with Crippen molar-refractivity contribution in [2.45, 2.75) is 38.6 Å². The summed E-state index contributed by atoms with van der Waals surface area (Å²) in [6.45, 7) is 10.2. The summed E-state index contributed by atoms with van der Waals surface area (Å²) in [5.41, 5.74) is 3.26. The predicted octanol–water partition coefficient (Wildman–Crippen LogP) is 2.80. The Balaban J connectivity index is 1.50. The van der Waals surface area contributed by atoms with Gasteiger partial charge in [0.05, 0.1) is 0 Å². The van der Waals surface area contributed by atoms with Gasteiger partial charge in [-0.25, -0.2) is 0 Å². The van der Waals surface area contributed by atoms with Crippen LogP contribution in [0.1, 0.15) is 48.5 Å². The number of amides is 1. The molecule has 2 N–H and O–H groups in total. The minimum absolute atomic E-state index is 0.158. The number of carbonyl (C=O) groups excluding carboxylic acids is 1. The normalized spacial score (nSPS) is 22.3. The molecule has 2 aliphatic heterocycles. The maximum atomic E-state index is 12.9. The molecule has 2 aliphatic rings. The molecule has 26 heavy (non-hydrogen) atoms. The van der Waals surface area contributed by atoms with E-state index in [0.29, 0.717) is 12.0 Å². The van der Waals surface area contributed by atoms with Gasteiger partial charge in [0, 0.05) is 61.4 Å². The number of piperidine rings is 1. The Hall–Kier alpha value is -1.85. The van der Waals surface area contributed by atoms with Crippen LogP contribution in [-0.4, -0.2) is 66.0 Å². The van der Waals surface area contributed by atoms with Gasteiger partial charge in [0.25, 0.3) is 5.91 Å². The fraction of sp³-hybridized carbons (Fsp3) is 0.571. The molecule has 1 amide bonds. The minimum atomic E-state index is 0.158. The summed E-state index contributed by atoms with van der Waals surface area (Å²) < 4.78 is 0. The maximum Gasteiger partial charge on any atom is 0.254 e. The third-order valence-electron chi connectivity index (χ3n) is 6.03. The van der Waals surface area contributed by atoms with Gasteiger partial charge in [-0.15, -0.1) is 0 Å². The molecule has 0 spiro atoms. The van der Waals surface area contributed by atoms with Crippen LogP contribution in [0, 0.1) is 0 Å². The first kappa shape index (κ1) is 17.6. The molecule has 0 aliphatic carbocycles. The van der Waals surface area contributed by atoms with Crippen LogP contribution in [0.4, 0.5) is 0 Å². The first-order chi connectivity index (χ1) is 12.6. The van der Waals surface area contributed by atoms with Gasteiger partial charge in [-0.05, 0) is 56.8 Å². The zero-order valence-corrected chi connectivity index (χ0v) is 15.9. The molecular weight excluding hydrogens is 324 g/mol. The molecule has 3 heterocycles. The van der Waals surface area contributed by atoms with E-state index in [-0.39, 0.29) is 5.91 Å². The summed E-state index contributed by atoms with van der Waals surface area (Å²) in [6.07, 6.45) is 4.61. The van der Waals surface area contributed by atoms with E-state index < -0.39 is 0 Å². The Bertz CT molecular complexity index is 767. The Labute approximate surface area is 155 Å². The molecule has 0 bridgehead atoms. The lowest BCUT2D eigenvalue weighted by Crippen LogP contribution is -2.50. The van der Waals surface area contributed by atoms with Crippen LogP contribution in [-0.2, 0) is 0 Å². The van der Waals surface area contributed by atoms with Gasteiger partial charge in [-0.2, -0.15) is 0 Å². The van der Waals surface area contributed by atoms with Gasteiger partial charge < -0.3 is 15.2 Å². The van der Waals surface area contributed by atoms with Crippen LogP contribution in [0.3, 0.4) is 0 Å². The average molecular weight is 354 g/mol. The number of rotatable bonds is 3. The molecule has 2 fully saturated rings. The Morgan fingerprint density at radius 2 is 2.00 bits per heavy atom. The quantitative estimate of drug-likeness (QED) is 0.891. The number of hydrogen-bond donors (Lipinski definition) is 2. The SMILES string of the molecule is CC(C)N1CCN(C(=O)c2ccc3c(C4CCCNC4)c[nH]c3c2)CC1. The van der Waals surface area contributed by atoms with E-state index in [2.05, 4.69) is 41.3 Å². The van der Waals surface area contributed by atoms with Crippen molar-refractivity contribution in [3.63, 3.8) is 0 Å². The molecule has 2 aromatic rings. The van der Waals surface area contributed by atoms with E-state index in [9.17, 15) is 4.79 Å². The van der Waals surface area contributed by atoms with E-state index in [1.165, 1.54) is 23.8 Å². The monoisotopic (exact) mass is 354 g/mol. The molecule has 0 saturated carbocycles. The largest absolute Gasteiger partial charge is 0.361 e. The number of H-pyrrole nitrogens is 1. The van der Waals surface area contributed by atoms with Crippen LogP contribution in [0.25, 0.3) is 10.9 Å². The van der Waals surface area contributed by atoms with Gasteiger partial charge in [0.1, 0.15) is 0 Å². The van der Waals surface area contributed by atoms with Crippen molar-refractivity contribution in [2.75, 3.05) is 39.3 Å². The molecule has 5 heteroatoms. The van der Waals surface area contributed by atoms with Crippen molar-refractivity contribution in [3.05, 3.63) is 35.5 Å². The maximum absolute atomic E-state index is 12.9. The minimum Gasteiger partial charge on any atom is -0.361 e. The van der Waals surface area contributed by atoms with Gasteiger partial charge in [0.15, 0.2) is 0 Å². The number of piperazine rings is 1. The second-order valence-corrected chi connectivity index (χ2v) is 7.97. The van der Waals surface area contributed by atoms with Gasteiger partial charge >= 0.3 is 0 Å². The van der Waals surface area contributed by atoms with E-state index in [1.807, 2.05) is 17.0 Å². The van der Waals surface area contributed by atoms with Crippen molar-refractivity contribution in [2.24, 2.45) is 0 Å². The molecule has 140 valence electrons. The number of benzene rings is 1. The second-order valence-electron chi connectivity index (χ2n) is 7.97. The van der Waals surface area contributed by atoms with Crippen molar-refractivity contribution < 1.29 is 4.79 Å². The standard InChI is InChI=1S/C21H30N4O/c1-15(2)24-8-10-25(11-9-24)21(26)16-5-6-18-19(14-23-20(18)12-16)17-4-3-7-22-13-17/h5-6,12,14-15,17,22-23H,3-4,7-11,13H2,1-2H3. The molecule has 1 unspecified atom stereocenters. The molecular formula is C21H30N4O. The lowest BCUT2D eigenvalue weighted by atomic mass is 9.91. The average Bonchev–Trinajstić information content (AvgIpc) is 3.11. The summed E-state index contributed by atoms with van der Waals surface area (Å²) in [6, 6.07) is 6.72. The molecule has 2 saturated heterocycles. The number of aromatic nitrogens is 1. The number of nitrogens with zero attached hydrogens (tertiary/aromatic N) is 2. The number of fused-ring (bicyclic) bond motifs is 1. The van der Waals surface area contributed by atoms with Gasteiger partial charge in [-0.3, -0.25) is 9.69 Å². The lowest BCUT2D eigenvalue weighted by Gasteiger charge is -2.37. The number of hydrogen-bond acceptors (Lipinski definition) is 3. The Morgan fingerprint density at radius 1 is 1.19 bits per heavy atom.